The Kier molecular flexibility index (Phi) is 17.1. The number of nitrogens with two attached hydrogens (primary N) is 3. The van der Waals surface area contributed by atoms with Crippen molar-refractivity contribution in [2.75, 3.05) is 33.3 Å². The second kappa shape index (κ2) is 22.5. The summed E-state index contributed by atoms with van der Waals surface area (Å²) in [5, 5.41) is 50.9. The molecule has 6 atom stereocenters. The molecule has 382 valence electrons. The summed E-state index contributed by atoms with van der Waals surface area (Å²) in [4.78, 5) is 80.7. The first-order valence-corrected chi connectivity index (χ1v) is 25.0. The maximum atomic E-state index is 15.0. The first-order valence-electron chi connectivity index (χ1n) is 23.4. The zero-order valence-electron chi connectivity index (χ0n) is 40.5. The number of aliphatic carboxylic acids is 1. The van der Waals surface area contributed by atoms with E-state index >= 15 is 4.79 Å². The molecular formula is C50H64N8O12S. The maximum absolute atomic E-state index is 15.0. The van der Waals surface area contributed by atoms with Crippen LogP contribution in [0.3, 0.4) is 0 Å². The predicted octanol–water partition coefficient (Wildman–Crippen LogP) is 2.04. The first-order chi connectivity index (χ1) is 33.4. The zero-order valence-corrected chi connectivity index (χ0v) is 41.3. The molecule has 1 fully saturated rings. The lowest BCUT2D eigenvalue weighted by atomic mass is 9.87. The van der Waals surface area contributed by atoms with E-state index in [2.05, 4.69) is 26.9 Å². The summed E-state index contributed by atoms with van der Waals surface area (Å²) in [5.41, 5.74) is 15.5. The van der Waals surface area contributed by atoms with Crippen molar-refractivity contribution < 1.29 is 57.6 Å². The van der Waals surface area contributed by atoms with Gasteiger partial charge in [0.1, 0.15) is 24.8 Å². The van der Waals surface area contributed by atoms with E-state index in [0.29, 0.717) is 33.9 Å². The number of rotatable bonds is 19. The standard InChI is InChI=1S/C50H64N8O12S/c1-26-16-41(62)44(58(5)48(65)33(24-54-71(53,68)69)20-40(61)43-27(2)55-46(56-28(43)3)31-8-11-34(12-9-31)50(4)14-15-50)32-19-38(45(63)42(21-32)70-25-36(60)23-52)37-17-29(18-39(49(66)67)57-47(26)64)6-7-30(37)10-13-35(59)22-51/h6-9,11-12,17,19,21,26,33,35-36,39,44,54,59-60,63H,10,13-16,18,20,22-25,51-52H2,1-5H3,(H,57,64)(H,66,67)(H2,53,68,69)/t26-,33+,35+,36-,39+,44+/m1/s1. The van der Waals surface area contributed by atoms with Gasteiger partial charge < -0.3 is 46.8 Å². The van der Waals surface area contributed by atoms with Crippen LogP contribution in [0.4, 0.5) is 0 Å². The molecule has 2 amide bonds. The zero-order chi connectivity index (χ0) is 52.1. The molecule has 2 aliphatic rings. The van der Waals surface area contributed by atoms with Crippen LogP contribution < -0.4 is 31.4 Å². The fourth-order valence-corrected chi connectivity index (χ4v) is 9.28. The second-order valence-corrected chi connectivity index (χ2v) is 20.4. The van der Waals surface area contributed by atoms with Gasteiger partial charge in [0.2, 0.25) is 11.8 Å². The van der Waals surface area contributed by atoms with Crippen LogP contribution in [0.25, 0.3) is 22.5 Å². The number of phenols is 1. The number of carboxylic acid groups (broad SMARTS) is 1. The summed E-state index contributed by atoms with van der Waals surface area (Å²) in [6.45, 7) is 5.46. The minimum absolute atomic E-state index is 0.0294. The lowest BCUT2D eigenvalue weighted by Crippen LogP contribution is -2.46. The van der Waals surface area contributed by atoms with Gasteiger partial charge in [-0.1, -0.05) is 56.3 Å². The second-order valence-electron chi connectivity index (χ2n) is 19.0. The van der Waals surface area contributed by atoms with Gasteiger partial charge in [-0.15, -0.1) is 0 Å². The third kappa shape index (κ3) is 13.2. The number of phenolic OH excluding ortho intramolecular Hbond substituents is 1. The average Bonchev–Trinajstić information content (AvgIpc) is 4.08. The van der Waals surface area contributed by atoms with Crippen LogP contribution in [0.1, 0.15) is 96.0 Å². The van der Waals surface area contributed by atoms with Crippen molar-refractivity contribution in [2.45, 2.75) is 102 Å². The van der Waals surface area contributed by atoms with Gasteiger partial charge in [0, 0.05) is 63.0 Å². The lowest BCUT2D eigenvalue weighted by molar-refractivity contribution is -0.143. The number of amides is 2. The minimum atomic E-state index is -4.45. The Hall–Kier alpha value is -6.20. The van der Waals surface area contributed by atoms with Crippen molar-refractivity contribution in [3.63, 3.8) is 0 Å². The number of benzene rings is 3. The largest absolute Gasteiger partial charge is 0.504 e. The SMILES string of the molecule is Cc1nc(-c2ccc(C3(C)CC3)cc2)nc(C)c1C(=O)C[C@@H](CNS(N)(=O)=O)C(=O)N(C)[C@@H]1C(=O)C[C@@H](C)C(=O)N[C@H](C(=O)O)Cc2ccc(CC[C@H](O)CN)c(c2)-c2cc1cc(OC[C@H](O)CN)c2O. The van der Waals surface area contributed by atoms with Gasteiger partial charge in [0.15, 0.2) is 28.9 Å². The van der Waals surface area contributed by atoms with Gasteiger partial charge in [-0.2, -0.15) is 8.42 Å². The van der Waals surface area contributed by atoms with Crippen LogP contribution >= 0.6 is 0 Å². The number of aliphatic hydroxyl groups excluding tert-OH is 2. The molecule has 21 heteroatoms. The van der Waals surface area contributed by atoms with Crippen molar-refractivity contribution in [1.29, 1.82) is 0 Å². The van der Waals surface area contributed by atoms with E-state index in [4.69, 9.17) is 21.3 Å². The highest BCUT2D eigenvalue weighted by Gasteiger charge is 2.40. The molecule has 3 aromatic carbocycles. The van der Waals surface area contributed by atoms with Crippen molar-refractivity contribution >= 4 is 39.6 Å². The number of nitrogens with zero attached hydrogens (tertiary/aromatic N) is 3. The van der Waals surface area contributed by atoms with Gasteiger partial charge in [-0.25, -0.2) is 24.6 Å². The molecule has 0 spiro atoms. The lowest BCUT2D eigenvalue weighted by Gasteiger charge is -2.32. The fourth-order valence-electron chi connectivity index (χ4n) is 8.85. The molecule has 1 saturated carbocycles. The molecule has 0 saturated heterocycles. The number of carbonyl (C=O) groups is 5. The van der Waals surface area contributed by atoms with E-state index in [0.717, 1.165) is 23.3 Å². The van der Waals surface area contributed by atoms with Crippen LogP contribution in [0.15, 0.2) is 54.6 Å². The normalized spacial score (nSPS) is 19.2. The number of fused-ring (bicyclic) bond motifs is 5. The first kappa shape index (κ1) is 54.1. The van der Waals surface area contributed by atoms with E-state index in [1.54, 1.807) is 32.0 Å². The molecule has 1 aliphatic carbocycles. The molecule has 20 nitrogen and oxygen atoms in total. The maximum Gasteiger partial charge on any atom is 0.326 e. The predicted molar refractivity (Wildman–Crippen MR) is 262 cm³/mol. The van der Waals surface area contributed by atoms with Crippen molar-refractivity contribution in [2.24, 2.45) is 28.4 Å². The Balaban J connectivity index is 1.46. The van der Waals surface area contributed by atoms with Crippen LogP contribution in [-0.2, 0) is 47.6 Å². The molecule has 6 rings (SSSR count). The number of ether oxygens (including phenoxy) is 1. The summed E-state index contributed by atoms with van der Waals surface area (Å²) in [6, 6.07) is 12.4. The van der Waals surface area contributed by atoms with Crippen molar-refractivity contribution in [3.8, 4) is 34.0 Å². The summed E-state index contributed by atoms with van der Waals surface area (Å²) < 4.78 is 32.7. The van der Waals surface area contributed by atoms with Crippen molar-refractivity contribution in [3.05, 3.63) is 93.8 Å². The van der Waals surface area contributed by atoms with E-state index in [1.807, 2.05) is 24.3 Å². The van der Waals surface area contributed by atoms with Crippen molar-refractivity contribution in [1.82, 2.24) is 24.9 Å². The van der Waals surface area contributed by atoms with Gasteiger partial charge in [-0.3, -0.25) is 19.2 Å². The van der Waals surface area contributed by atoms with E-state index in [-0.39, 0.29) is 60.2 Å². The topological polar surface area (TPSA) is 341 Å². The molecule has 0 unspecified atom stereocenters. The quantitative estimate of drug-likeness (QED) is 0.0607. The highest BCUT2D eigenvalue weighted by Crippen LogP contribution is 2.48. The Labute approximate surface area is 412 Å². The highest BCUT2D eigenvalue weighted by molar-refractivity contribution is 7.87. The number of Topliss-reactive ketones (excluding diaryl/α,β-unsaturated/α-hetero) is 2. The average molecular weight is 1000 g/mol. The van der Waals surface area contributed by atoms with E-state index < -0.39 is 107 Å². The highest BCUT2D eigenvalue weighted by atomic mass is 32.2. The third-order valence-corrected chi connectivity index (χ3v) is 13.9. The Bertz CT molecular complexity index is 2760. The molecular weight excluding hydrogens is 937 g/mol. The molecule has 1 aliphatic heterocycles. The Morgan fingerprint density at radius 2 is 1.61 bits per heavy atom. The van der Waals surface area contributed by atoms with Gasteiger partial charge >= 0.3 is 5.97 Å². The number of aromatic hydroxyl groups is 1. The monoisotopic (exact) mass is 1000 g/mol. The third-order valence-electron chi connectivity index (χ3n) is 13.4. The van der Waals surface area contributed by atoms with Gasteiger partial charge in [0.25, 0.3) is 10.2 Å². The van der Waals surface area contributed by atoms with Crippen LogP contribution in [-0.4, -0.2) is 125 Å². The Morgan fingerprint density at radius 3 is 2.20 bits per heavy atom. The molecule has 12 N–H and O–H groups in total. The number of aromatic nitrogens is 2. The number of nitrogens with one attached hydrogen (secondary N) is 2. The minimum Gasteiger partial charge on any atom is -0.504 e. The summed E-state index contributed by atoms with van der Waals surface area (Å²) in [7, 11) is -3.20. The van der Waals surface area contributed by atoms with Crippen LogP contribution in [0.5, 0.6) is 11.5 Å². The van der Waals surface area contributed by atoms with Crippen LogP contribution in [0.2, 0.25) is 0 Å². The Morgan fingerprint density at radius 1 is 0.958 bits per heavy atom. The van der Waals surface area contributed by atoms with E-state index in [9.17, 15) is 48.0 Å². The number of carbonyl (C=O) groups excluding carboxylic acids is 4. The summed E-state index contributed by atoms with van der Waals surface area (Å²) >= 11 is 0. The number of aryl methyl sites for hydroxylation is 3. The molecule has 4 aromatic rings. The molecule has 1 aromatic heterocycles. The number of hydrogen-bond acceptors (Lipinski definition) is 15. The number of ketones is 2. The molecule has 4 bridgehead atoms. The fraction of sp³-hybridized carbons (Fsp3) is 0.460. The van der Waals surface area contributed by atoms with Crippen LogP contribution in [0, 0.1) is 25.7 Å². The molecule has 71 heavy (non-hydrogen) atoms. The molecule has 0 radical (unpaired) electrons. The van der Waals surface area contributed by atoms with Gasteiger partial charge in [-0.05, 0) is 84.9 Å². The van der Waals surface area contributed by atoms with Gasteiger partial charge in [0.05, 0.1) is 29.0 Å². The summed E-state index contributed by atoms with van der Waals surface area (Å²) in [5.74, 6) is -7.44. The number of carboxylic acids is 1. The number of likely N-dealkylation sites (N-methyl/N-ethyl adjacent to an activating group) is 1. The number of hydrogen-bond donors (Lipinski definition) is 9. The molecule has 2 heterocycles. The smallest absolute Gasteiger partial charge is 0.326 e. The van der Waals surface area contributed by atoms with E-state index in [1.165, 1.54) is 31.7 Å². The summed E-state index contributed by atoms with van der Waals surface area (Å²) in [6.07, 6.45) is -0.918. The number of aliphatic hydroxyl groups is 2.